The van der Waals surface area contributed by atoms with Gasteiger partial charge in [0.15, 0.2) is 0 Å². The Balaban J connectivity index is 1.71. The number of rotatable bonds is 4. The molecule has 0 saturated carbocycles. The molecule has 1 aromatic heterocycles. The SMILES string of the molecule is COc1ccc2cc(-c3c(OC)ccc4c3[c]c(C)n4C(=O)c3ccc(Cl)cc3)ccc2c1. The zero-order chi connectivity index (χ0) is 23.1. The number of hydrogen-bond acceptors (Lipinski definition) is 3. The van der Waals surface area contributed by atoms with Crippen LogP contribution in [0.15, 0.2) is 72.8 Å². The molecule has 0 unspecified atom stereocenters. The van der Waals surface area contributed by atoms with E-state index in [1.165, 1.54) is 0 Å². The maximum absolute atomic E-state index is 13.3. The van der Waals surface area contributed by atoms with Crippen molar-refractivity contribution in [2.24, 2.45) is 0 Å². The number of ether oxygens (including phenoxy) is 2. The summed E-state index contributed by atoms with van der Waals surface area (Å²) in [5, 5.41) is 3.59. The fourth-order valence-corrected chi connectivity index (χ4v) is 4.38. The van der Waals surface area contributed by atoms with Gasteiger partial charge in [-0.1, -0.05) is 29.8 Å². The van der Waals surface area contributed by atoms with Crippen molar-refractivity contribution in [2.75, 3.05) is 14.2 Å². The number of benzene rings is 4. The molecular formula is C28H21ClNO3. The van der Waals surface area contributed by atoms with Crippen LogP contribution in [0.5, 0.6) is 11.5 Å². The number of carbonyl (C=O) groups is 1. The van der Waals surface area contributed by atoms with Crippen molar-refractivity contribution in [1.29, 1.82) is 0 Å². The van der Waals surface area contributed by atoms with Gasteiger partial charge in [0, 0.05) is 33.3 Å². The lowest BCUT2D eigenvalue weighted by atomic mass is 9.97. The van der Waals surface area contributed by atoms with Crippen LogP contribution in [-0.4, -0.2) is 24.7 Å². The Morgan fingerprint density at radius 2 is 1.61 bits per heavy atom. The Morgan fingerprint density at radius 3 is 2.33 bits per heavy atom. The molecule has 0 aliphatic rings. The van der Waals surface area contributed by atoms with E-state index in [0.29, 0.717) is 10.6 Å². The van der Waals surface area contributed by atoms with Crippen LogP contribution in [0, 0.1) is 13.0 Å². The summed E-state index contributed by atoms with van der Waals surface area (Å²) in [6, 6.07) is 26.4. The van der Waals surface area contributed by atoms with Gasteiger partial charge in [-0.3, -0.25) is 9.36 Å². The molecule has 0 aliphatic carbocycles. The lowest BCUT2D eigenvalue weighted by molar-refractivity contribution is 0.0963. The topological polar surface area (TPSA) is 40.5 Å². The Labute approximate surface area is 196 Å². The van der Waals surface area contributed by atoms with Gasteiger partial charge in [0.25, 0.3) is 5.91 Å². The number of nitrogens with zero attached hydrogens (tertiary/aromatic N) is 1. The number of aryl methyl sites for hydroxylation is 1. The molecule has 0 aliphatic heterocycles. The molecule has 163 valence electrons. The molecule has 0 spiro atoms. The molecular weight excluding hydrogens is 434 g/mol. The van der Waals surface area contributed by atoms with E-state index in [1.807, 2.05) is 37.3 Å². The molecule has 1 radical (unpaired) electrons. The van der Waals surface area contributed by atoms with Crippen molar-refractivity contribution < 1.29 is 14.3 Å². The highest BCUT2D eigenvalue weighted by Crippen LogP contribution is 2.39. The Hall–Kier alpha value is -3.76. The summed E-state index contributed by atoms with van der Waals surface area (Å²) in [6.07, 6.45) is 0. The summed E-state index contributed by atoms with van der Waals surface area (Å²) in [5.41, 5.74) is 3.95. The van der Waals surface area contributed by atoms with Crippen LogP contribution in [0.1, 0.15) is 16.1 Å². The second-order valence-corrected chi connectivity index (χ2v) is 8.26. The fourth-order valence-electron chi connectivity index (χ4n) is 4.25. The van der Waals surface area contributed by atoms with Gasteiger partial charge in [0.05, 0.1) is 19.7 Å². The first kappa shape index (κ1) is 21.1. The molecule has 0 bridgehead atoms. The highest BCUT2D eigenvalue weighted by Gasteiger charge is 2.20. The molecule has 33 heavy (non-hydrogen) atoms. The second-order valence-electron chi connectivity index (χ2n) is 7.82. The minimum absolute atomic E-state index is 0.128. The van der Waals surface area contributed by atoms with Crippen LogP contribution >= 0.6 is 11.6 Å². The van der Waals surface area contributed by atoms with E-state index in [0.717, 1.165) is 50.0 Å². The van der Waals surface area contributed by atoms with Crippen LogP contribution in [0.2, 0.25) is 5.02 Å². The standard InChI is InChI=1S/C28H21ClNO3/c1-17-14-24-25(30(17)28(31)18-6-9-22(29)10-7-18)12-13-26(33-3)27(24)21-5-4-20-16-23(32-2)11-8-19(20)15-21/h4-13,15-16H,1-3H3. The lowest BCUT2D eigenvalue weighted by Crippen LogP contribution is -2.13. The quantitative estimate of drug-likeness (QED) is 0.295. The molecule has 0 N–H and O–H groups in total. The molecule has 4 nitrogen and oxygen atoms in total. The summed E-state index contributed by atoms with van der Waals surface area (Å²) in [5.74, 6) is 1.41. The third-order valence-electron chi connectivity index (χ3n) is 5.88. The first-order valence-electron chi connectivity index (χ1n) is 10.5. The molecule has 4 aromatic carbocycles. The third-order valence-corrected chi connectivity index (χ3v) is 6.13. The van der Waals surface area contributed by atoms with Crippen molar-refractivity contribution in [3.8, 4) is 22.6 Å². The number of hydrogen-bond donors (Lipinski definition) is 0. The van der Waals surface area contributed by atoms with Crippen molar-refractivity contribution in [1.82, 2.24) is 4.57 Å². The van der Waals surface area contributed by atoms with Gasteiger partial charge in [-0.2, -0.15) is 0 Å². The number of methoxy groups -OCH3 is 2. The maximum atomic E-state index is 13.3. The predicted molar refractivity (Wildman–Crippen MR) is 133 cm³/mol. The monoisotopic (exact) mass is 454 g/mol. The van der Waals surface area contributed by atoms with Crippen molar-refractivity contribution in [3.05, 3.63) is 95.1 Å². The summed E-state index contributed by atoms with van der Waals surface area (Å²) in [6.45, 7) is 1.89. The van der Waals surface area contributed by atoms with E-state index in [-0.39, 0.29) is 5.91 Å². The molecule has 0 fully saturated rings. The van der Waals surface area contributed by atoms with Gasteiger partial charge in [-0.05, 0) is 77.9 Å². The second kappa shape index (κ2) is 8.30. The van der Waals surface area contributed by atoms with Crippen molar-refractivity contribution >= 4 is 39.2 Å². The minimum atomic E-state index is -0.128. The number of carbonyl (C=O) groups excluding carboxylic acids is 1. The van der Waals surface area contributed by atoms with Crippen LogP contribution in [0.3, 0.4) is 0 Å². The van der Waals surface area contributed by atoms with Crippen LogP contribution in [-0.2, 0) is 0 Å². The minimum Gasteiger partial charge on any atom is -0.497 e. The van der Waals surface area contributed by atoms with Crippen LogP contribution in [0.25, 0.3) is 32.8 Å². The van der Waals surface area contributed by atoms with Crippen LogP contribution < -0.4 is 9.47 Å². The van der Waals surface area contributed by atoms with Gasteiger partial charge < -0.3 is 9.47 Å². The zero-order valence-corrected chi connectivity index (χ0v) is 19.2. The normalized spacial score (nSPS) is 11.2. The Kier molecular flexibility index (Phi) is 5.31. The molecule has 0 amide bonds. The van der Waals surface area contributed by atoms with E-state index in [4.69, 9.17) is 21.1 Å². The number of aromatic nitrogens is 1. The number of fused-ring (bicyclic) bond motifs is 2. The average molecular weight is 455 g/mol. The van der Waals surface area contributed by atoms with Gasteiger partial charge in [0.1, 0.15) is 11.5 Å². The van der Waals surface area contributed by atoms with E-state index in [2.05, 4.69) is 24.3 Å². The van der Waals surface area contributed by atoms with Gasteiger partial charge in [-0.25, -0.2) is 0 Å². The first-order chi connectivity index (χ1) is 16.0. The average Bonchev–Trinajstić information content (AvgIpc) is 3.18. The van der Waals surface area contributed by atoms with Gasteiger partial charge in [-0.15, -0.1) is 0 Å². The lowest BCUT2D eigenvalue weighted by Gasteiger charge is -2.13. The highest BCUT2D eigenvalue weighted by molar-refractivity contribution is 6.30. The van der Waals surface area contributed by atoms with Crippen molar-refractivity contribution in [3.63, 3.8) is 0 Å². The van der Waals surface area contributed by atoms with Gasteiger partial charge >= 0.3 is 0 Å². The van der Waals surface area contributed by atoms with Gasteiger partial charge in [0.2, 0.25) is 0 Å². The molecule has 0 atom stereocenters. The predicted octanol–water partition coefficient (Wildman–Crippen LogP) is 6.93. The smallest absolute Gasteiger partial charge is 0.262 e. The largest absolute Gasteiger partial charge is 0.497 e. The van der Waals surface area contributed by atoms with Crippen molar-refractivity contribution in [2.45, 2.75) is 6.92 Å². The summed E-state index contributed by atoms with van der Waals surface area (Å²) in [4.78, 5) is 13.3. The third kappa shape index (κ3) is 3.62. The molecule has 5 heteroatoms. The summed E-state index contributed by atoms with van der Waals surface area (Å²) < 4.78 is 12.7. The fraction of sp³-hybridized carbons (Fsp3) is 0.107. The highest BCUT2D eigenvalue weighted by atomic mass is 35.5. The van der Waals surface area contributed by atoms with E-state index in [1.54, 1.807) is 43.1 Å². The van der Waals surface area contributed by atoms with E-state index in [9.17, 15) is 4.79 Å². The molecule has 0 saturated heterocycles. The maximum Gasteiger partial charge on any atom is 0.262 e. The molecule has 5 aromatic rings. The summed E-state index contributed by atoms with van der Waals surface area (Å²) in [7, 11) is 3.31. The van der Waals surface area contributed by atoms with E-state index < -0.39 is 0 Å². The number of halogens is 1. The first-order valence-corrected chi connectivity index (χ1v) is 10.9. The molecule has 1 heterocycles. The van der Waals surface area contributed by atoms with E-state index >= 15 is 0 Å². The summed E-state index contributed by atoms with van der Waals surface area (Å²) >= 11 is 6.00. The zero-order valence-electron chi connectivity index (χ0n) is 18.5. The van der Waals surface area contributed by atoms with Crippen LogP contribution in [0.4, 0.5) is 0 Å². The molecule has 5 rings (SSSR count). The Morgan fingerprint density at radius 1 is 0.879 bits per heavy atom. The Bertz CT molecular complexity index is 1520.